The van der Waals surface area contributed by atoms with E-state index < -0.39 is 71.3 Å². The Kier molecular flexibility index (Phi) is 21.1. The van der Waals surface area contributed by atoms with E-state index in [0.717, 1.165) is 45.2 Å². The van der Waals surface area contributed by atoms with Gasteiger partial charge in [0.2, 0.25) is 0 Å². The van der Waals surface area contributed by atoms with Gasteiger partial charge in [-0.3, -0.25) is 4.18 Å². The van der Waals surface area contributed by atoms with Gasteiger partial charge in [-0.25, -0.2) is 0 Å². The van der Waals surface area contributed by atoms with Gasteiger partial charge in [0.15, 0.2) is 6.29 Å². The second-order valence-electron chi connectivity index (χ2n) is 19.2. The average molecular weight is 1070 g/mol. The molecule has 404 valence electrons. The van der Waals surface area contributed by atoms with Crippen LogP contribution in [0.3, 0.4) is 0 Å². The third kappa shape index (κ3) is 17.3. The summed E-state index contributed by atoms with van der Waals surface area (Å²) in [5, 5.41) is 0. The fourth-order valence-corrected chi connectivity index (χ4v) is 9.80. The summed E-state index contributed by atoms with van der Waals surface area (Å²) in [4.78, 5) is 0. The lowest BCUT2D eigenvalue weighted by atomic mass is 9.93. The van der Waals surface area contributed by atoms with Crippen molar-refractivity contribution < 1.29 is 60.0 Å². The van der Waals surface area contributed by atoms with Crippen LogP contribution in [-0.4, -0.2) is 95.7 Å². The van der Waals surface area contributed by atoms with Crippen molar-refractivity contribution in [3.63, 3.8) is 0 Å². The molecular weight excluding hydrogens is 997 g/mol. The molecule has 0 saturated carbocycles. The number of rotatable bonds is 28. The Morgan fingerprint density at radius 2 is 0.597 bits per heavy atom. The van der Waals surface area contributed by atoms with Crippen LogP contribution in [0.2, 0.25) is 0 Å². The first kappa shape index (κ1) is 55.8. The van der Waals surface area contributed by atoms with Gasteiger partial charge in [-0.15, -0.1) is 0 Å². The molecule has 0 spiro atoms. The fraction of sp³-hybridized carbons (Fsp3) is 0.333. The molecule has 2 saturated heterocycles. The van der Waals surface area contributed by atoms with E-state index >= 15 is 0 Å². The molecule has 7 aromatic rings. The van der Waals surface area contributed by atoms with E-state index in [2.05, 4.69) is 0 Å². The molecule has 0 aromatic heterocycles. The summed E-state index contributed by atoms with van der Waals surface area (Å²) in [7, 11) is -3.93. The zero-order valence-corrected chi connectivity index (χ0v) is 44.1. The van der Waals surface area contributed by atoms with E-state index in [4.69, 9.17) is 51.6 Å². The minimum Gasteiger partial charge on any atom is -0.374 e. The van der Waals surface area contributed by atoms with Crippen LogP contribution in [0.25, 0.3) is 0 Å². The number of ether oxygens (including phenoxy) is 10. The van der Waals surface area contributed by atoms with Crippen LogP contribution in [0, 0.1) is 0 Å². The predicted octanol–water partition coefficient (Wildman–Crippen LogP) is 10.2. The quantitative estimate of drug-likeness (QED) is 0.0431. The van der Waals surface area contributed by atoms with Crippen LogP contribution in [0.1, 0.15) is 38.9 Å². The molecule has 0 aliphatic carbocycles. The number of benzene rings is 7. The highest BCUT2D eigenvalue weighted by Gasteiger charge is 2.54. The zero-order chi connectivity index (χ0) is 52.9. The van der Waals surface area contributed by atoms with Gasteiger partial charge in [0.1, 0.15) is 54.9 Å². The molecule has 10 atom stereocenters. The van der Waals surface area contributed by atoms with Gasteiger partial charge in [0, 0.05) is 0 Å². The normalized spacial score (nSPS) is 23.6. The maximum atomic E-state index is 12.7. The average Bonchev–Trinajstić information content (AvgIpc) is 3.47. The van der Waals surface area contributed by atoms with E-state index in [0.29, 0.717) is 6.61 Å². The van der Waals surface area contributed by atoms with E-state index in [1.54, 1.807) is 0 Å². The molecule has 0 amide bonds. The molecule has 7 aromatic carbocycles. The second kappa shape index (κ2) is 29.1. The third-order valence-electron chi connectivity index (χ3n) is 13.3. The molecule has 13 nitrogen and oxygen atoms in total. The summed E-state index contributed by atoms with van der Waals surface area (Å²) in [6.07, 6.45) is -8.26. The zero-order valence-electron chi connectivity index (χ0n) is 43.3. The van der Waals surface area contributed by atoms with E-state index in [-0.39, 0.29) is 59.5 Å². The van der Waals surface area contributed by atoms with Gasteiger partial charge in [0.25, 0.3) is 10.1 Å². The van der Waals surface area contributed by atoms with Crippen molar-refractivity contribution in [2.45, 2.75) is 107 Å². The molecule has 2 heterocycles. The predicted molar refractivity (Wildman–Crippen MR) is 290 cm³/mol. The van der Waals surface area contributed by atoms with Gasteiger partial charge < -0.3 is 47.4 Å². The molecule has 2 aliphatic heterocycles. The summed E-state index contributed by atoms with van der Waals surface area (Å²) in [5.41, 5.74) is 6.54. The molecule has 0 N–H and O–H groups in total. The summed E-state index contributed by atoms with van der Waals surface area (Å²) >= 11 is 0. The first-order valence-electron chi connectivity index (χ1n) is 26.1. The van der Waals surface area contributed by atoms with Crippen molar-refractivity contribution in [2.24, 2.45) is 0 Å². The minimum atomic E-state index is -3.93. The standard InChI is InChI=1S/C63H68O13S/c1-77(64,65)73-46-56-58(69-40-50-29-15-5-16-30-50)60(70-41-51-31-17-6-18-32-51)59(55(74-56)45-67-38-48-25-11-3-12-26-48)76-63-62(72-43-53-35-21-8-22-36-53)61(71-42-52-33-19-7-20-34-52)57(68-39-49-27-13-4-14-28-49)54(75-63)44-66-37-47-23-9-2-10-24-47/h2-36,54-63H,37-46H2,1H3/t54?,55?,56-,57+,58?,59+,60-,61+,62?,63-/m0/s1. The highest BCUT2D eigenvalue weighted by Crippen LogP contribution is 2.37. The minimum absolute atomic E-state index is 0.00579. The highest BCUT2D eigenvalue weighted by molar-refractivity contribution is 7.86. The molecule has 2 aliphatic rings. The maximum Gasteiger partial charge on any atom is 0.264 e. The summed E-state index contributed by atoms with van der Waals surface area (Å²) in [6, 6.07) is 69.0. The largest absolute Gasteiger partial charge is 0.374 e. The van der Waals surface area contributed by atoms with Gasteiger partial charge in [-0.05, 0) is 38.9 Å². The van der Waals surface area contributed by atoms with Crippen molar-refractivity contribution in [2.75, 3.05) is 26.1 Å². The van der Waals surface area contributed by atoms with Crippen LogP contribution in [0.4, 0.5) is 0 Å². The summed E-state index contributed by atoms with van der Waals surface area (Å²) in [6.45, 7) is 1.19. The van der Waals surface area contributed by atoms with Crippen LogP contribution < -0.4 is 0 Å². The van der Waals surface area contributed by atoms with E-state index in [1.807, 2.05) is 212 Å². The molecule has 9 rings (SSSR count). The molecule has 2 fully saturated rings. The van der Waals surface area contributed by atoms with Crippen molar-refractivity contribution in [3.8, 4) is 0 Å². The van der Waals surface area contributed by atoms with E-state index in [1.165, 1.54) is 0 Å². The lowest BCUT2D eigenvalue weighted by molar-refractivity contribution is -0.363. The van der Waals surface area contributed by atoms with E-state index in [9.17, 15) is 8.42 Å². The fourth-order valence-electron chi connectivity index (χ4n) is 9.42. The second-order valence-corrected chi connectivity index (χ2v) is 20.8. The Labute approximate surface area is 453 Å². The van der Waals surface area contributed by atoms with Gasteiger partial charge in [-0.1, -0.05) is 212 Å². The first-order valence-corrected chi connectivity index (χ1v) is 27.9. The lowest BCUT2D eigenvalue weighted by Gasteiger charge is -2.50. The van der Waals surface area contributed by atoms with Crippen LogP contribution in [-0.2, 0) is 108 Å². The van der Waals surface area contributed by atoms with Crippen molar-refractivity contribution in [1.29, 1.82) is 0 Å². The molecule has 0 radical (unpaired) electrons. The van der Waals surface area contributed by atoms with Crippen LogP contribution in [0.15, 0.2) is 212 Å². The Bertz CT molecular complexity index is 2840. The molecular formula is C63H68O13S. The Balaban J connectivity index is 1.13. The number of hydrogen-bond acceptors (Lipinski definition) is 13. The Hall–Kier alpha value is -5.95. The lowest BCUT2D eigenvalue weighted by Crippen LogP contribution is -2.66. The SMILES string of the molecule is CS(=O)(=O)OC[C@@H]1OC(COCc2ccccc2)[C@@H](O[C@@H]2OC(COCc3ccccc3)[C@@H](OCc3ccccc3)[C@@H](OCc3ccccc3)C2OCc2ccccc2)[C@@H](OCc2ccccc2)C1OCc1ccccc1. The van der Waals surface area contributed by atoms with Gasteiger partial charge in [-0.2, -0.15) is 8.42 Å². The molecule has 4 unspecified atom stereocenters. The molecule has 14 heteroatoms. The van der Waals surface area contributed by atoms with Crippen molar-refractivity contribution in [3.05, 3.63) is 251 Å². The van der Waals surface area contributed by atoms with Gasteiger partial charge >= 0.3 is 0 Å². The van der Waals surface area contributed by atoms with Crippen molar-refractivity contribution >= 4 is 10.1 Å². The Morgan fingerprint density at radius 3 is 0.935 bits per heavy atom. The monoisotopic (exact) mass is 1060 g/mol. The van der Waals surface area contributed by atoms with Crippen molar-refractivity contribution in [1.82, 2.24) is 0 Å². The topological polar surface area (TPSA) is 136 Å². The van der Waals surface area contributed by atoms with Crippen LogP contribution >= 0.6 is 0 Å². The first-order chi connectivity index (χ1) is 37.8. The molecule has 0 bridgehead atoms. The number of hydrogen-bond donors (Lipinski definition) is 0. The highest BCUT2D eigenvalue weighted by atomic mass is 32.2. The van der Waals surface area contributed by atoms with Gasteiger partial charge in [0.05, 0.1) is 72.3 Å². The smallest absolute Gasteiger partial charge is 0.264 e. The Morgan fingerprint density at radius 1 is 0.325 bits per heavy atom. The maximum absolute atomic E-state index is 12.7. The summed E-state index contributed by atoms with van der Waals surface area (Å²) < 4.78 is 101. The third-order valence-corrected chi connectivity index (χ3v) is 13.8. The van der Waals surface area contributed by atoms with Crippen LogP contribution in [0.5, 0.6) is 0 Å². The molecule has 77 heavy (non-hydrogen) atoms. The summed E-state index contributed by atoms with van der Waals surface area (Å²) in [5.74, 6) is 0.